The second-order valence-electron chi connectivity index (χ2n) is 24.7. The number of benzene rings is 4. The van der Waals surface area contributed by atoms with Crippen molar-refractivity contribution in [3.05, 3.63) is 149 Å². The molecule has 2 bridgehead atoms. The Bertz CT molecular complexity index is 4190. The number of hydrogen-bond acceptors (Lipinski definition) is 15. The standard InChI is InChI=1S/C68H77F2N15O15/c1-36(86)78-50-18-19-57(88)73-21-23-100-45-13-6-38(7-14-45)24-52(60(71)92)84-67(99)68(2)20-3-22-85(68)66(98)56(25-37-4-11-44(87)12-5-37)83-64(96)54(29-43-33-72-35-77-43)81-65(97)55(30-59(90)91)82-63(95)53(26-40-32-75-49-17-10-42(70)28-47(40)49)80-62(94)51(79-58(89)34-76-61(50)93)15-8-39-31-74-48-16-9-41(69)27-46(39)48/h4-7,9-14,16-17,27-28,31-33,35,50-56,74-75,87H,3,8,15,18-26,29-30,34H2,1-2H3,(H2,71,92)(H,72,77)(H,73,88)(H,76,93)(H,78,86)(H,79,89)(H,80,94)(H,81,97)(H,82,95)(H,83,96)(H,84,99)(H,90,91)/t50-,51+,52+,53+,54+,55+,56+,68+/m1/s1. The van der Waals surface area contributed by atoms with Crippen LogP contribution in [0.1, 0.15) is 80.3 Å². The monoisotopic (exact) mass is 1380 g/mol. The molecule has 3 aliphatic rings. The molecule has 16 N–H and O–H groups in total. The van der Waals surface area contributed by atoms with E-state index in [4.69, 9.17) is 10.5 Å². The van der Waals surface area contributed by atoms with Gasteiger partial charge in [0, 0.05) is 91.7 Å². The number of rotatable bonds is 13. The van der Waals surface area contributed by atoms with Crippen LogP contribution < -0.4 is 58.3 Å². The summed E-state index contributed by atoms with van der Waals surface area (Å²) in [6, 6.07) is 8.42. The van der Waals surface area contributed by atoms with Crippen molar-refractivity contribution in [3.8, 4) is 11.5 Å². The first-order valence-corrected chi connectivity index (χ1v) is 32.2. The first kappa shape index (κ1) is 72.5. The van der Waals surface area contributed by atoms with Crippen LogP contribution in [-0.4, -0.2) is 180 Å². The molecule has 100 heavy (non-hydrogen) atoms. The van der Waals surface area contributed by atoms with Crippen molar-refractivity contribution in [2.75, 3.05) is 26.2 Å². The zero-order valence-corrected chi connectivity index (χ0v) is 54.5. The van der Waals surface area contributed by atoms with Crippen LogP contribution >= 0.6 is 0 Å². The number of aromatic hydroxyl groups is 1. The normalized spacial score (nSPS) is 22.5. The number of H-pyrrole nitrogens is 3. The lowest BCUT2D eigenvalue weighted by Gasteiger charge is -2.37. The lowest BCUT2D eigenvalue weighted by molar-refractivity contribution is -0.147. The van der Waals surface area contributed by atoms with Gasteiger partial charge in [-0.3, -0.25) is 57.5 Å². The SMILES string of the molecule is CC(=O)N[C@@H]1CCC(=O)NCCOc2ccc(cc2)C[C@@H](C(N)=O)NC(=O)[C@]2(C)CCCN2C(=O)[C@H](Cc2ccc(O)cc2)NC(=O)[C@H](Cc2cnc[nH]2)NC(=O)[C@H](CC(=O)O)NC(=O)[C@H](Cc2c[nH]c3ccc(F)cc23)NC(=O)[C@H](CCc2c[nH]c3ccc(F)cc23)NC(=O)CNC1=O. The minimum absolute atomic E-state index is 0.00918. The number of aliphatic carboxylic acids is 1. The Morgan fingerprint density at radius 1 is 0.700 bits per heavy atom. The third-order valence-electron chi connectivity index (χ3n) is 17.4. The van der Waals surface area contributed by atoms with E-state index in [2.05, 4.69) is 67.8 Å². The molecule has 0 saturated carbocycles. The average molecular weight is 1380 g/mol. The number of amides is 11. The van der Waals surface area contributed by atoms with E-state index in [1.807, 2.05) is 0 Å². The fraction of sp³-hybridized carbons (Fsp3) is 0.368. The Morgan fingerprint density at radius 2 is 1.32 bits per heavy atom. The van der Waals surface area contributed by atoms with E-state index in [1.54, 1.807) is 30.5 Å². The quantitative estimate of drug-likeness (QED) is 0.0696. The van der Waals surface area contributed by atoms with Gasteiger partial charge in [0.25, 0.3) is 0 Å². The largest absolute Gasteiger partial charge is 0.508 e. The molecule has 7 aromatic rings. The van der Waals surface area contributed by atoms with E-state index in [9.17, 15) is 66.9 Å². The number of carbonyl (C=O) groups excluding carboxylic acids is 11. The highest BCUT2D eigenvalue weighted by atomic mass is 19.1. The minimum atomic E-state index is -2.06. The third kappa shape index (κ3) is 19.3. The van der Waals surface area contributed by atoms with Gasteiger partial charge < -0.3 is 88.4 Å². The Morgan fingerprint density at radius 3 is 1.96 bits per heavy atom. The summed E-state index contributed by atoms with van der Waals surface area (Å²) in [7, 11) is 0. The number of nitrogens with two attached hydrogens (primary N) is 1. The summed E-state index contributed by atoms with van der Waals surface area (Å²) >= 11 is 0. The number of nitrogens with zero attached hydrogens (tertiary/aromatic N) is 2. The van der Waals surface area contributed by atoms with Crippen LogP contribution in [0.25, 0.3) is 21.8 Å². The number of phenolic OH excluding ortho intramolecular Hbond substituents is 1. The van der Waals surface area contributed by atoms with E-state index < -0.39 is 156 Å². The Hall–Kier alpha value is -11.7. The van der Waals surface area contributed by atoms with Crippen molar-refractivity contribution >= 4 is 92.8 Å². The highest BCUT2D eigenvalue weighted by Gasteiger charge is 2.49. The molecule has 3 aromatic heterocycles. The summed E-state index contributed by atoms with van der Waals surface area (Å²) in [6.45, 7) is 1.75. The molecule has 8 atom stereocenters. The maximum atomic E-state index is 15.2. The van der Waals surface area contributed by atoms with Crippen LogP contribution in [0.2, 0.25) is 0 Å². The fourth-order valence-electron chi connectivity index (χ4n) is 12.0. The first-order valence-electron chi connectivity index (χ1n) is 32.2. The molecule has 0 unspecified atom stereocenters. The lowest BCUT2D eigenvalue weighted by atomic mass is 9.94. The van der Waals surface area contributed by atoms with Gasteiger partial charge in [0.05, 0.1) is 25.8 Å². The second kappa shape index (κ2) is 33.0. The van der Waals surface area contributed by atoms with Crippen LogP contribution in [0.5, 0.6) is 11.5 Å². The Labute approximate surface area is 569 Å². The maximum absolute atomic E-state index is 15.2. The molecule has 1 fully saturated rings. The number of carboxylic acids is 1. The van der Waals surface area contributed by atoms with Crippen LogP contribution in [0.3, 0.4) is 0 Å². The van der Waals surface area contributed by atoms with Crippen molar-refractivity contribution in [3.63, 3.8) is 0 Å². The topological polar surface area (TPSA) is 452 Å². The summed E-state index contributed by atoms with van der Waals surface area (Å²) < 4.78 is 35.4. The maximum Gasteiger partial charge on any atom is 0.305 e. The van der Waals surface area contributed by atoms with Gasteiger partial charge >= 0.3 is 5.97 Å². The van der Waals surface area contributed by atoms with Gasteiger partial charge in [-0.2, -0.15) is 0 Å². The first-order chi connectivity index (χ1) is 47.8. The zero-order valence-electron chi connectivity index (χ0n) is 54.5. The van der Waals surface area contributed by atoms with Gasteiger partial charge in [-0.05, 0) is 122 Å². The molecule has 1 saturated heterocycles. The molecule has 3 aliphatic heterocycles. The Kier molecular flexibility index (Phi) is 23.9. The number of phenols is 1. The lowest BCUT2D eigenvalue weighted by Crippen LogP contribution is -2.63. The minimum Gasteiger partial charge on any atom is -0.508 e. The second-order valence-corrected chi connectivity index (χ2v) is 24.7. The van der Waals surface area contributed by atoms with Gasteiger partial charge in [0.2, 0.25) is 65.0 Å². The molecule has 10 rings (SSSR count). The van der Waals surface area contributed by atoms with E-state index >= 15 is 9.59 Å². The summed E-state index contributed by atoms with van der Waals surface area (Å²) in [4.78, 5) is 182. The smallest absolute Gasteiger partial charge is 0.305 e. The van der Waals surface area contributed by atoms with Crippen molar-refractivity contribution < 1.29 is 81.3 Å². The number of aromatic amines is 3. The number of imidazole rings is 1. The van der Waals surface area contributed by atoms with Crippen LogP contribution in [0.15, 0.2) is 110 Å². The van der Waals surface area contributed by atoms with Crippen molar-refractivity contribution in [1.29, 1.82) is 0 Å². The van der Waals surface area contributed by atoms with Crippen molar-refractivity contribution in [1.82, 2.24) is 72.7 Å². The fourth-order valence-corrected chi connectivity index (χ4v) is 12.0. The molecule has 528 valence electrons. The summed E-state index contributed by atoms with van der Waals surface area (Å²) in [5, 5.41) is 44.2. The van der Waals surface area contributed by atoms with Crippen molar-refractivity contribution in [2.24, 2.45) is 5.73 Å². The number of halogens is 2. The van der Waals surface area contributed by atoms with Crippen LogP contribution in [0.4, 0.5) is 8.78 Å². The van der Waals surface area contributed by atoms with E-state index in [-0.39, 0.29) is 93.5 Å². The number of ether oxygens (including phenoxy) is 1. The van der Waals surface area contributed by atoms with E-state index in [1.165, 1.54) is 85.1 Å². The van der Waals surface area contributed by atoms with Crippen LogP contribution in [0, 0.1) is 11.6 Å². The number of nitrogens with one attached hydrogen (secondary N) is 12. The number of aryl methyl sites for hydroxylation is 1. The predicted octanol–water partition coefficient (Wildman–Crippen LogP) is 0.419. The Balaban J connectivity index is 1.05. The molecule has 32 heteroatoms. The van der Waals surface area contributed by atoms with Gasteiger partial charge in [-0.25, -0.2) is 13.8 Å². The number of carbonyl (C=O) groups is 12. The number of hydrogen-bond donors (Lipinski definition) is 15. The zero-order chi connectivity index (χ0) is 71.8. The molecular formula is C68H77F2N15O15. The molecule has 11 amide bonds. The highest BCUT2D eigenvalue weighted by molar-refractivity contribution is 6.00. The van der Waals surface area contributed by atoms with E-state index in [0.717, 1.165) is 13.0 Å². The number of primary amides is 1. The molecular weight excluding hydrogens is 1300 g/mol. The van der Waals surface area contributed by atoms with Crippen LogP contribution in [-0.2, 0) is 89.6 Å². The van der Waals surface area contributed by atoms with Gasteiger partial charge in [0.15, 0.2) is 0 Å². The molecule has 0 spiro atoms. The highest BCUT2D eigenvalue weighted by Crippen LogP contribution is 2.32. The number of fused-ring (bicyclic) bond motifs is 33. The molecule has 0 radical (unpaired) electrons. The third-order valence-corrected chi connectivity index (χ3v) is 17.4. The summed E-state index contributed by atoms with van der Waals surface area (Å²) in [6.07, 6.45) is 2.72. The summed E-state index contributed by atoms with van der Waals surface area (Å²) in [5.41, 5.74) is 7.05. The molecule has 30 nitrogen and oxygen atoms in total. The number of carboxylic acid groups (broad SMARTS) is 1. The summed E-state index contributed by atoms with van der Waals surface area (Å²) in [5.74, 6) is -12.7. The van der Waals surface area contributed by atoms with Crippen molar-refractivity contribution in [2.45, 2.75) is 132 Å². The van der Waals surface area contributed by atoms with Gasteiger partial charge in [-0.15, -0.1) is 0 Å². The average Bonchev–Trinajstić information content (AvgIpc) is 1.58. The van der Waals surface area contributed by atoms with Gasteiger partial charge in [0.1, 0.15) is 77.6 Å². The predicted molar refractivity (Wildman–Crippen MR) is 354 cm³/mol. The van der Waals surface area contributed by atoms with Gasteiger partial charge in [-0.1, -0.05) is 24.3 Å². The molecule has 0 aliphatic carbocycles. The molecule has 4 aromatic carbocycles. The molecule has 6 heterocycles. The number of aromatic nitrogens is 4. The van der Waals surface area contributed by atoms with E-state index in [0.29, 0.717) is 38.9 Å².